The van der Waals surface area contributed by atoms with Crippen molar-refractivity contribution in [1.29, 1.82) is 0 Å². The van der Waals surface area contributed by atoms with E-state index in [1.54, 1.807) is 12.1 Å². The van der Waals surface area contributed by atoms with Crippen molar-refractivity contribution >= 4 is 33.0 Å². The summed E-state index contributed by atoms with van der Waals surface area (Å²) in [4.78, 5) is 0. The summed E-state index contributed by atoms with van der Waals surface area (Å²) in [7, 11) is -3.23. The molecule has 2 nitrogen and oxygen atoms in total. The quantitative estimate of drug-likeness (QED) is 0.773. The minimum atomic E-state index is -3.23. The molecule has 0 aliphatic heterocycles. The summed E-state index contributed by atoms with van der Waals surface area (Å²) in [5.41, 5.74) is 0.794. The van der Waals surface area contributed by atoms with Crippen molar-refractivity contribution in [2.75, 3.05) is 11.0 Å². The Labute approximate surface area is 93.8 Å². The van der Waals surface area contributed by atoms with E-state index in [9.17, 15) is 8.42 Å². The van der Waals surface area contributed by atoms with E-state index < -0.39 is 15.2 Å². The fourth-order valence-electron chi connectivity index (χ4n) is 1.03. The van der Waals surface area contributed by atoms with Gasteiger partial charge in [0.1, 0.15) is 5.21 Å². The minimum absolute atomic E-state index is 0.123. The van der Waals surface area contributed by atoms with Crippen molar-refractivity contribution in [2.24, 2.45) is 0 Å². The zero-order valence-corrected chi connectivity index (χ0v) is 9.69. The van der Waals surface area contributed by atoms with Crippen molar-refractivity contribution in [3.63, 3.8) is 0 Å². The summed E-state index contributed by atoms with van der Waals surface area (Å²) in [5, 5.41) is -0.914. The summed E-state index contributed by atoms with van der Waals surface area (Å²) < 4.78 is 22.3. The third-order valence-corrected chi connectivity index (χ3v) is 4.49. The average molecular weight is 253 g/mol. The van der Waals surface area contributed by atoms with Gasteiger partial charge in [-0.25, -0.2) is 8.42 Å². The molecule has 1 unspecified atom stereocenters. The summed E-state index contributed by atoms with van der Waals surface area (Å²) in [5.74, 6) is -0.123. The molecule has 14 heavy (non-hydrogen) atoms. The van der Waals surface area contributed by atoms with Crippen LogP contribution in [-0.4, -0.2) is 19.4 Å². The molecule has 1 aromatic carbocycles. The fraction of sp³-hybridized carbons (Fsp3) is 0.333. The second-order valence-corrected chi connectivity index (χ2v) is 6.12. The van der Waals surface area contributed by atoms with Gasteiger partial charge in [-0.2, -0.15) is 0 Å². The highest BCUT2D eigenvalue weighted by Gasteiger charge is 2.17. The van der Waals surface area contributed by atoms with Gasteiger partial charge in [0.25, 0.3) is 0 Å². The molecule has 0 radical (unpaired) electrons. The molecule has 0 saturated heterocycles. The van der Waals surface area contributed by atoms with Crippen LogP contribution in [0.1, 0.15) is 10.9 Å². The highest BCUT2D eigenvalue weighted by molar-refractivity contribution is 7.92. The van der Waals surface area contributed by atoms with Crippen LogP contribution >= 0.6 is 23.2 Å². The summed E-state index contributed by atoms with van der Waals surface area (Å²) in [6.07, 6.45) is 0. The molecule has 1 aromatic rings. The molecule has 1 rings (SSSR count). The maximum Gasteiger partial charge on any atom is 0.165 e. The zero-order valence-electron chi connectivity index (χ0n) is 7.36. The van der Waals surface area contributed by atoms with Crippen LogP contribution in [0.4, 0.5) is 0 Å². The minimum Gasteiger partial charge on any atom is -0.228 e. The predicted molar refractivity (Wildman–Crippen MR) is 59.5 cm³/mol. The first-order valence-electron chi connectivity index (χ1n) is 4.00. The van der Waals surface area contributed by atoms with E-state index in [1.165, 1.54) is 0 Å². The zero-order chi connectivity index (χ0) is 10.6. The van der Waals surface area contributed by atoms with Crippen molar-refractivity contribution in [3.8, 4) is 0 Å². The van der Waals surface area contributed by atoms with Crippen LogP contribution in [0.3, 0.4) is 0 Å². The molecule has 0 spiro atoms. The van der Waals surface area contributed by atoms with Gasteiger partial charge in [0.15, 0.2) is 9.84 Å². The summed E-state index contributed by atoms with van der Waals surface area (Å²) in [6.45, 7) is 0. The SMILES string of the molecule is O=S(=O)(CCl)CC(Cl)c1ccccc1. The molecule has 0 amide bonds. The molecule has 0 bridgehead atoms. The van der Waals surface area contributed by atoms with Crippen molar-refractivity contribution in [3.05, 3.63) is 35.9 Å². The second-order valence-electron chi connectivity index (χ2n) is 2.90. The normalized spacial score (nSPS) is 13.9. The van der Waals surface area contributed by atoms with Gasteiger partial charge in [0.05, 0.1) is 11.1 Å². The Bertz CT molecular complexity index is 375. The second kappa shape index (κ2) is 5.01. The van der Waals surface area contributed by atoms with E-state index in [2.05, 4.69) is 0 Å². The van der Waals surface area contributed by atoms with Crippen LogP contribution in [0.25, 0.3) is 0 Å². The van der Waals surface area contributed by atoms with Crippen LogP contribution in [0, 0.1) is 0 Å². The average Bonchev–Trinajstić information content (AvgIpc) is 2.19. The molecule has 5 heteroatoms. The lowest BCUT2D eigenvalue weighted by atomic mass is 10.2. The Hall–Kier alpha value is -0.250. The first-order chi connectivity index (χ1) is 6.55. The molecule has 0 heterocycles. The number of hydrogen-bond acceptors (Lipinski definition) is 2. The van der Waals surface area contributed by atoms with Crippen LogP contribution in [0.15, 0.2) is 30.3 Å². The Balaban J connectivity index is 2.74. The molecule has 0 fully saturated rings. The molecular formula is C9H10Cl2O2S. The molecule has 0 N–H and O–H groups in total. The molecule has 78 valence electrons. The standard InChI is InChI=1S/C9H10Cl2O2S/c10-7-14(12,13)6-9(11)8-4-2-1-3-5-8/h1-5,9H,6-7H2. The van der Waals surface area contributed by atoms with Crippen molar-refractivity contribution in [2.45, 2.75) is 5.38 Å². The Morgan fingerprint density at radius 2 is 1.79 bits per heavy atom. The van der Waals surface area contributed by atoms with E-state index >= 15 is 0 Å². The third kappa shape index (κ3) is 3.48. The monoisotopic (exact) mass is 252 g/mol. The summed E-state index contributed by atoms with van der Waals surface area (Å²) >= 11 is 11.2. The molecular weight excluding hydrogens is 243 g/mol. The number of alkyl halides is 2. The first kappa shape index (κ1) is 11.8. The number of hydrogen-bond donors (Lipinski definition) is 0. The third-order valence-electron chi connectivity index (χ3n) is 1.73. The number of benzene rings is 1. The first-order valence-corrected chi connectivity index (χ1v) is 6.80. The van der Waals surface area contributed by atoms with Gasteiger partial charge in [-0.05, 0) is 5.56 Å². The number of halogens is 2. The van der Waals surface area contributed by atoms with E-state index in [1.807, 2.05) is 18.2 Å². The molecule has 1 atom stereocenters. The van der Waals surface area contributed by atoms with E-state index in [4.69, 9.17) is 23.2 Å². The van der Waals surface area contributed by atoms with Gasteiger partial charge in [0.2, 0.25) is 0 Å². The smallest absolute Gasteiger partial charge is 0.165 e. The van der Waals surface area contributed by atoms with Gasteiger partial charge in [-0.3, -0.25) is 0 Å². The van der Waals surface area contributed by atoms with Gasteiger partial charge >= 0.3 is 0 Å². The van der Waals surface area contributed by atoms with E-state index in [0.717, 1.165) is 5.56 Å². The molecule has 0 aliphatic rings. The largest absolute Gasteiger partial charge is 0.228 e. The van der Waals surface area contributed by atoms with E-state index in [-0.39, 0.29) is 11.0 Å². The highest BCUT2D eigenvalue weighted by atomic mass is 35.5. The van der Waals surface area contributed by atoms with Crippen LogP contribution in [0.2, 0.25) is 0 Å². The Kier molecular flexibility index (Phi) is 4.23. The maximum atomic E-state index is 11.2. The topological polar surface area (TPSA) is 34.1 Å². The highest BCUT2D eigenvalue weighted by Crippen LogP contribution is 2.22. The molecule has 0 saturated carbocycles. The van der Waals surface area contributed by atoms with Crippen molar-refractivity contribution < 1.29 is 8.42 Å². The van der Waals surface area contributed by atoms with Gasteiger partial charge in [-0.1, -0.05) is 30.3 Å². The number of sulfone groups is 1. The lowest BCUT2D eigenvalue weighted by Crippen LogP contribution is -2.11. The Morgan fingerprint density at radius 3 is 2.29 bits per heavy atom. The lowest BCUT2D eigenvalue weighted by molar-refractivity contribution is 0.599. The molecule has 0 aromatic heterocycles. The van der Waals surface area contributed by atoms with Crippen LogP contribution in [-0.2, 0) is 9.84 Å². The van der Waals surface area contributed by atoms with Gasteiger partial charge in [-0.15, -0.1) is 23.2 Å². The van der Waals surface area contributed by atoms with Gasteiger partial charge < -0.3 is 0 Å². The predicted octanol–water partition coefficient (Wildman–Crippen LogP) is 2.58. The summed E-state index contributed by atoms with van der Waals surface area (Å²) in [6, 6.07) is 9.07. The van der Waals surface area contributed by atoms with Crippen LogP contribution < -0.4 is 0 Å². The van der Waals surface area contributed by atoms with Gasteiger partial charge in [0, 0.05) is 0 Å². The van der Waals surface area contributed by atoms with E-state index in [0.29, 0.717) is 0 Å². The molecule has 0 aliphatic carbocycles. The van der Waals surface area contributed by atoms with Crippen molar-refractivity contribution in [1.82, 2.24) is 0 Å². The fourth-order valence-corrected chi connectivity index (χ4v) is 2.74. The Morgan fingerprint density at radius 1 is 1.21 bits per heavy atom. The lowest BCUT2D eigenvalue weighted by Gasteiger charge is -2.08. The van der Waals surface area contributed by atoms with Crippen LogP contribution in [0.5, 0.6) is 0 Å². The number of rotatable bonds is 4. The maximum absolute atomic E-state index is 11.2.